The summed E-state index contributed by atoms with van der Waals surface area (Å²) in [6, 6.07) is 0. The van der Waals surface area contributed by atoms with E-state index < -0.39 is 8.32 Å². The summed E-state index contributed by atoms with van der Waals surface area (Å²) in [5.74, 6) is 0.622. The Labute approximate surface area is 127 Å². The molecule has 0 spiro atoms. The molecule has 0 N–H and O–H groups in total. The minimum atomic E-state index is -1.59. The van der Waals surface area contributed by atoms with Crippen molar-refractivity contribution in [3.8, 4) is 0 Å². The van der Waals surface area contributed by atoms with Crippen LogP contribution in [0.1, 0.15) is 53.4 Å². The van der Waals surface area contributed by atoms with Gasteiger partial charge in [0.15, 0.2) is 8.32 Å². The second-order valence-corrected chi connectivity index (χ2v) is 12.3. The maximum atomic E-state index is 6.29. The Hall–Kier alpha value is -0.123. The van der Waals surface area contributed by atoms with Crippen LogP contribution in [0.3, 0.4) is 0 Å². The van der Waals surface area contributed by atoms with Gasteiger partial charge in [-0.25, -0.2) is 0 Å². The van der Waals surface area contributed by atoms with E-state index >= 15 is 0 Å². The first-order valence-electron chi connectivity index (χ1n) is 8.20. The Bertz CT molecular complexity index is 305. The van der Waals surface area contributed by atoms with Crippen LogP contribution in [0.25, 0.3) is 0 Å². The van der Waals surface area contributed by atoms with Crippen LogP contribution in [0.4, 0.5) is 0 Å². The fourth-order valence-corrected chi connectivity index (χ4v) is 3.26. The molecule has 0 aromatic rings. The Morgan fingerprint density at radius 2 is 1.90 bits per heavy atom. The van der Waals surface area contributed by atoms with E-state index in [0.717, 1.165) is 32.5 Å². The maximum Gasteiger partial charge on any atom is 0.191 e. The lowest BCUT2D eigenvalue weighted by Gasteiger charge is -2.36. The molecule has 0 amide bonds. The largest absolute Gasteiger partial charge is 0.417 e. The third-order valence-electron chi connectivity index (χ3n) is 4.80. The first-order valence-corrected chi connectivity index (χ1v) is 11.1. The molecule has 0 aliphatic heterocycles. The van der Waals surface area contributed by atoms with Crippen molar-refractivity contribution in [2.75, 3.05) is 13.2 Å². The highest BCUT2D eigenvalue weighted by atomic mass is 28.4. The summed E-state index contributed by atoms with van der Waals surface area (Å²) in [6.45, 7) is 15.5. The molecule has 0 unspecified atom stereocenters. The first-order chi connectivity index (χ1) is 9.28. The monoisotopic (exact) mass is 298 g/mol. The number of unbranched alkanes of at least 4 members (excludes halogenated alkanes) is 1. The zero-order valence-corrected chi connectivity index (χ0v) is 15.4. The number of allylic oxidation sites excluding steroid dienone is 1. The maximum absolute atomic E-state index is 6.29. The molecule has 1 aliphatic rings. The summed E-state index contributed by atoms with van der Waals surface area (Å²) >= 11 is 0. The van der Waals surface area contributed by atoms with Gasteiger partial charge in [0.2, 0.25) is 0 Å². The molecule has 118 valence electrons. The number of hydrogen-bond donors (Lipinski definition) is 0. The molecular weight excluding hydrogens is 264 g/mol. The molecule has 20 heavy (non-hydrogen) atoms. The van der Waals surface area contributed by atoms with Crippen molar-refractivity contribution in [1.29, 1.82) is 0 Å². The van der Waals surface area contributed by atoms with Gasteiger partial charge in [0.05, 0.1) is 6.10 Å². The van der Waals surface area contributed by atoms with Gasteiger partial charge in [0, 0.05) is 13.2 Å². The summed E-state index contributed by atoms with van der Waals surface area (Å²) in [6.07, 6.45) is 9.48. The van der Waals surface area contributed by atoms with E-state index in [-0.39, 0.29) is 0 Å². The van der Waals surface area contributed by atoms with Gasteiger partial charge in [0.1, 0.15) is 0 Å². The van der Waals surface area contributed by atoms with Gasteiger partial charge in [-0.1, -0.05) is 46.3 Å². The lowest BCUT2D eigenvalue weighted by atomic mass is 10.0. The molecule has 1 rings (SSSR count). The summed E-state index contributed by atoms with van der Waals surface area (Å²) in [5.41, 5.74) is 0. The molecule has 0 radical (unpaired) electrons. The van der Waals surface area contributed by atoms with Crippen molar-refractivity contribution in [1.82, 2.24) is 0 Å². The lowest BCUT2D eigenvalue weighted by molar-refractivity contribution is 0.0427. The zero-order chi connectivity index (χ0) is 15.2. The minimum Gasteiger partial charge on any atom is -0.417 e. The van der Waals surface area contributed by atoms with Gasteiger partial charge >= 0.3 is 0 Å². The van der Waals surface area contributed by atoms with E-state index in [2.05, 4.69) is 52.9 Å². The predicted octanol–water partition coefficient (Wildman–Crippen LogP) is 5.16. The molecule has 0 aromatic heterocycles. The van der Waals surface area contributed by atoms with Crippen LogP contribution in [0.5, 0.6) is 0 Å². The fraction of sp³-hybridized carbons (Fsp3) is 0.882. The normalized spacial score (nSPS) is 23.5. The van der Waals surface area contributed by atoms with E-state index in [1.807, 2.05) is 0 Å². The molecule has 0 fully saturated rings. The second-order valence-electron chi connectivity index (χ2n) is 7.51. The van der Waals surface area contributed by atoms with Crippen LogP contribution in [0, 0.1) is 5.92 Å². The third-order valence-corrected chi connectivity index (χ3v) is 9.33. The predicted molar refractivity (Wildman–Crippen MR) is 89.7 cm³/mol. The molecule has 0 saturated carbocycles. The zero-order valence-electron chi connectivity index (χ0n) is 14.4. The van der Waals surface area contributed by atoms with E-state index in [1.165, 1.54) is 6.42 Å². The van der Waals surface area contributed by atoms with E-state index in [1.54, 1.807) is 0 Å². The molecule has 0 bridgehead atoms. The Kier molecular flexibility index (Phi) is 6.96. The summed E-state index contributed by atoms with van der Waals surface area (Å²) in [5, 5.41) is 0.304. The van der Waals surface area contributed by atoms with Gasteiger partial charge < -0.3 is 9.16 Å². The van der Waals surface area contributed by atoms with Crippen LogP contribution in [-0.4, -0.2) is 27.6 Å². The van der Waals surface area contributed by atoms with Crippen molar-refractivity contribution >= 4 is 8.32 Å². The van der Waals surface area contributed by atoms with Crippen molar-refractivity contribution in [2.45, 2.75) is 77.6 Å². The minimum absolute atomic E-state index is 0.304. The van der Waals surface area contributed by atoms with Crippen LogP contribution in [0.2, 0.25) is 18.1 Å². The van der Waals surface area contributed by atoms with Gasteiger partial charge in [-0.15, -0.1) is 0 Å². The van der Waals surface area contributed by atoms with Crippen LogP contribution >= 0.6 is 0 Å². The molecule has 1 aliphatic carbocycles. The smallest absolute Gasteiger partial charge is 0.191 e. The van der Waals surface area contributed by atoms with E-state index in [0.29, 0.717) is 17.1 Å². The number of ether oxygens (including phenoxy) is 1. The highest BCUT2D eigenvalue weighted by Gasteiger charge is 2.37. The fourth-order valence-electron chi connectivity index (χ4n) is 2.20. The van der Waals surface area contributed by atoms with Crippen LogP contribution in [-0.2, 0) is 9.16 Å². The lowest BCUT2D eigenvalue weighted by Crippen LogP contribution is -2.41. The summed E-state index contributed by atoms with van der Waals surface area (Å²) < 4.78 is 12.3. The highest BCUT2D eigenvalue weighted by molar-refractivity contribution is 6.74. The molecule has 2 atom stereocenters. The van der Waals surface area contributed by atoms with Gasteiger partial charge in [-0.05, 0) is 43.3 Å². The van der Waals surface area contributed by atoms with Crippen LogP contribution < -0.4 is 0 Å². The Morgan fingerprint density at radius 1 is 1.20 bits per heavy atom. The summed E-state index contributed by atoms with van der Waals surface area (Å²) in [7, 11) is -1.59. The summed E-state index contributed by atoms with van der Waals surface area (Å²) in [4.78, 5) is 0. The average molecular weight is 299 g/mol. The van der Waals surface area contributed by atoms with Crippen molar-refractivity contribution in [3.63, 3.8) is 0 Å². The molecule has 0 aromatic carbocycles. The molecule has 2 nitrogen and oxygen atoms in total. The van der Waals surface area contributed by atoms with Gasteiger partial charge in [0.25, 0.3) is 0 Å². The Morgan fingerprint density at radius 3 is 2.50 bits per heavy atom. The third kappa shape index (κ3) is 5.34. The molecular formula is C17H34O2Si. The second kappa shape index (κ2) is 7.76. The quantitative estimate of drug-likeness (QED) is 0.350. The highest BCUT2D eigenvalue weighted by Crippen LogP contribution is 2.37. The molecule has 0 saturated heterocycles. The number of hydrogen-bond acceptors (Lipinski definition) is 2. The van der Waals surface area contributed by atoms with Crippen LogP contribution in [0.15, 0.2) is 12.2 Å². The van der Waals surface area contributed by atoms with Crippen molar-refractivity contribution in [2.24, 2.45) is 5.92 Å². The van der Waals surface area contributed by atoms with E-state index in [9.17, 15) is 0 Å². The topological polar surface area (TPSA) is 18.5 Å². The van der Waals surface area contributed by atoms with Gasteiger partial charge in [-0.2, -0.15) is 0 Å². The molecule has 3 heteroatoms. The van der Waals surface area contributed by atoms with Crippen molar-refractivity contribution < 1.29 is 9.16 Å². The average Bonchev–Trinajstić information content (AvgIpc) is 2.75. The Balaban J connectivity index is 2.31. The molecule has 0 heterocycles. The number of rotatable bonds is 8. The standard InChI is InChI=1S/C17H34O2Si/c1-7-8-13-18-16-11-9-10-15(16)12-14-19-20(5,6)17(2,3)4/h9,11,15-16H,7-8,10,12-14H2,1-6H3/t15-,16-/m1/s1. The van der Waals surface area contributed by atoms with Crippen molar-refractivity contribution in [3.05, 3.63) is 12.2 Å². The first kappa shape index (κ1) is 17.9. The SMILES string of the molecule is CCCCO[C@@H]1C=CC[C@@H]1CCO[Si](C)(C)C(C)(C)C. The van der Waals surface area contributed by atoms with Gasteiger partial charge in [-0.3, -0.25) is 0 Å². The van der Waals surface area contributed by atoms with E-state index in [4.69, 9.17) is 9.16 Å².